The first-order valence-corrected chi connectivity index (χ1v) is 17.6. The van der Waals surface area contributed by atoms with Gasteiger partial charge in [0.2, 0.25) is 17.7 Å². The Morgan fingerprint density at radius 1 is 0.957 bits per heavy atom. The van der Waals surface area contributed by atoms with Crippen LogP contribution in [0.5, 0.6) is 0 Å². The molecule has 3 rings (SSSR count). The molecule has 0 bridgehead atoms. The SMILES string of the molecule is CCCC(C(=O)NC(CO)C(=O)NC(CCCCN)C(=O)NCCC1CCCCC1)c1ccc(CCCCn2ccnc2C)cc1. The van der Waals surface area contributed by atoms with Crippen LogP contribution >= 0.6 is 0 Å². The molecule has 0 saturated heterocycles. The largest absolute Gasteiger partial charge is 0.394 e. The third kappa shape index (κ3) is 12.5. The molecule has 0 spiro atoms. The molecule has 3 atom stereocenters. The van der Waals surface area contributed by atoms with Crippen molar-refractivity contribution in [2.75, 3.05) is 19.7 Å². The Kier molecular flexibility index (Phi) is 16.8. The monoisotopic (exact) mass is 638 g/mol. The molecule has 1 saturated carbocycles. The number of rotatable bonds is 21. The molecule has 256 valence electrons. The Labute approximate surface area is 275 Å². The average Bonchev–Trinajstić information content (AvgIpc) is 3.48. The van der Waals surface area contributed by atoms with Gasteiger partial charge in [0.15, 0.2) is 0 Å². The van der Waals surface area contributed by atoms with E-state index in [0.717, 1.165) is 56.5 Å². The first-order chi connectivity index (χ1) is 22.4. The molecular formula is C36H58N6O4. The van der Waals surface area contributed by atoms with Gasteiger partial charge in [-0.25, -0.2) is 4.98 Å². The number of aliphatic hydroxyl groups excluding tert-OH is 1. The quantitative estimate of drug-likeness (QED) is 0.129. The van der Waals surface area contributed by atoms with Gasteiger partial charge in [0.25, 0.3) is 0 Å². The van der Waals surface area contributed by atoms with Gasteiger partial charge in [-0.1, -0.05) is 69.7 Å². The Morgan fingerprint density at radius 2 is 1.70 bits per heavy atom. The fourth-order valence-electron chi connectivity index (χ4n) is 6.40. The highest BCUT2D eigenvalue weighted by Gasteiger charge is 2.29. The lowest BCUT2D eigenvalue weighted by molar-refractivity contribution is -0.133. The van der Waals surface area contributed by atoms with Crippen LogP contribution in [0.15, 0.2) is 36.7 Å². The van der Waals surface area contributed by atoms with E-state index in [9.17, 15) is 19.5 Å². The number of carbonyl (C=O) groups is 3. The summed E-state index contributed by atoms with van der Waals surface area (Å²) in [5, 5.41) is 18.7. The van der Waals surface area contributed by atoms with Crippen molar-refractivity contribution in [3.8, 4) is 0 Å². The number of nitrogens with one attached hydrogen (secondary N) is 3. The first kappa shape index (κ1) is 37.2. The van der Waals surface area contributed by atoms with E-state index in [4.69, 9.17) is 5.73 Å². The Morgan fingerprint density at radius 3 is 2.35 bits per heavy atom. The average molecular weight is 639 g/mol. The second-order valence-corrected chi connectivity index (χ2v) is 12.9. The number of imidazole rings is 1. The molecule has 0 aliphatic heterocycles. The molecule has 6 N–H and O–H groups in total. The van der Waals surface area contributed by atoms with Crippen molar-refractivity contribution in [1.82, 2.24) is 25.5 Å². The first-order valence-electron chi connectivity index (χ1n) is 17.6. The Bertz CT molecular complexity index is 1180. The van der Waals surface area contributed by atoms with Gasteiger partial charge in [-0.2, -0.15) is 0 Å². The maximum absolute atomic E-state index is 13.5. The second-order valence-electron chi connectivity index (χ2n) is 12.9. The number of hydrogen-bond acceptors (Lipinski definition) is 6. The van der Waals surface area contributed by atoms with E-state index >= 15 is 0 Å². The highest BCUT2D eigenvalue weighted by Crippen LogP contribution is 2.26. The van der Waals surface area contributed by atoms with Gasteiger partial charge < -0.3 is 31.4 Å². The third-order valence-corrected chi connectivity index (χ3v) is 9.29. The molecule has 10 heteroatoms. The highest BCUT2D eigenvalue weighted by atomic mass is 16.3. The van der Waals surface area contributed by atoms with E-state index in [1.54, 1.807) is 0 Å². The summed E-state index contributed by atoms with van der Waals surface area (Å²) in [5.41, 5.74) is 7.76. The molecule has 46 heavy (non-hydrogen) atoms. The summed E-state index contributed by atoms with van der Waals surface area (Å²) in [4.78, 5) is 44.1. The summed E-state index contributed by atoms with van der Waals surface area (Å²) in [7, 11) is 0. The number of nitrogens with two attached hydrogens (primary N) is 1. The maximum atomic E-state index is 13.5. The van der Waals surface area contributed by atoms with E-state index in [2.05, 4.69) is 37.6 Å². The summed E-state index contributed by atoms with van der Waals surface area (Å²) in [6.45, 7) is 5.50. The van der Waals surface area contributed by atoms with Crippen LogP contribution in [-0.2, 0) is 27.3 Å². The normalized spacial score (nSPS) is 15.6. The van der Waals surface area contributed by atoms with Gasteiger partial charge in [0.1, 0.15) is 17.9 Å². The Balaban J connectivity index is 1.53. The van der Waals surface area contributed by atoms with Gasteiger partial charge in [-0.3, -0.25) is 14.4 Å². The van der Waals surface area contributed by atoms with Crippen molar-refractivity contribution >= 4 is 17.7 Å². The van der Waals surface area contributed by atoms with Crippen molar-refractivity contribution in [3.63, 3.8) is 0 Å². The smallest absolute Gasteiger partial charge is 0.245 e. The molecule has 3 amide bonds. The Hall–Kier alpha value is -3.24. The number of hydrogen-bond donors (Lipinski definition) is 5. The van der Waals surface area contributed by atoms with Crippen LogP contribution in [0.3, 0.4) is 0 Å². The minimum absolute atomic E-state index is 0.231. The van der Waals surface area contributed by atoms with Crippen LogP contribution < -0.4 is 21.7 Å². The molecule has 1 fully saturated rings. The summed E-state index contributed by atoms with van der Waals surface area (Å²) in [6, 6.07) is 6.23. The van der Waals surface area contributed by atoms with Crippen LogP contribution in [0.1, 0.15) is 113 Å². The van der Waals surface area contributed by atoms with Crippen LogP contribution in [0.2, 0.25) is 0 Å². The van der Waals surface area contributed by atoms with Crippen LogP contribution in [0.25, 0.3) is 0 Å². The number of benzene rings is 1. The van der Waals surface area contributed by atoms with Crippen molar-refractivity contribution in [2.45, 2.75) is 128 Å². The lowest BCUT2D eigenvalue weighted by Gasteiger charge is -2.25. The number of carbonyl (C=O) groups excluding carboxylic acids is 3. The van der Waals surface area contributed by atoms with E-state index in [1.807, 2.05) is 38.4 Å². The highest BCUT2D eigenvalue weighted by molar-refractivity contribution is 5.93. The van der Waals surface area contributed by atoms with Crippen LogP contribution in [-0.4, -0.2) is 64.2 Å². The lowest BCUT2D eigenvalue weighted by atomic mass is 9.87. The number of amides is 3. The molecule has 1 aromatic heterocycles. The number of aromatic nitrogens is 2. The number of aliphatic hydroxyl groups is 1. The zero-order valence-corrected chi connectivity index (χ0v) is 28.1. The summed E-state index contributed by atoms with van der Waals surface area (Å²) in [5.74, 6) is 0.115. The molecule has 0 radical (unpaired) electrons. The molecule has 1 aliphatic carbocycles. The maximum Gasteiger partial charge on any atom is 0.245 e. The van der Waals surface area contributed by atoms with Gasteiger partial charge in [0, 0.05) is 25.5 Å². The van der Waals surface area contributed by atoms with E-state index in [-0.39, 0.29) is 11.8 Å². The summed E-state index contributed by atoms with van der Waals surface area (Å²) < 4.78 is 2.16. The van der Waals surface area contributed by atoms with Gasteiger partial charge >= 0.3 is 0 Å². The minimum Gasteiger partial charge on any atom is -0.394 e. The topological polar surface area (TPSA) is 151 Å². The predicted molar refractivity (Wildman–Crippen MR) is 182 cm³/mol. The lowest BCUT2D eigenvalue weighted by Crippen LogP contribution is -2.55. The van der Waals surface area contributed by atoms with E-state index < -0.39 is 30.5 Å². The van der Waals surface area contributed by atoms with Crippen LogP contribution in [0, 0.1) is 12.8 Å². The zero-order valence-electron chi connectivity index (χ0n) is 28.1. The van der Waals surface area contributed by atoms with Crippen molar-refractivity contribution < 1.29 is 19.5 Å². The molecule has 2 aromatic rings. The molecule has 10 nitrogen and oxygen atoms in total. The molecule has 3 unspecified atom stereocenters. The molecular weight excluding hydrogens is 580 g/mol. The second kappa shape index (κ2) is 20.8. The van der Waals surface area contributed by atoms with E-state index in [1.165, 1.54) is 37.7 Å². The van der Waals surface area contributed by atoms with Gasteiger partial charge in [0.05, 0.1) is 12.5 Å². The standard InChI is InChI=1S/C36H58N6O4/c1-3-11-31(30-18-16-29(17-19-30)14-8-10-24-42-25-23-38-27(42)2)34(44)41-33(26-43)36(46)40-32(15-7-9-21-37)35(45)39-22-20-28-12-5-4-6-13-28/h16-19,23,25,28,31-33,43H,3-15,20-22,24,26,37H2,1-2H3,(H,39,45)(H,40,46)(H,41,44). The number of aryl methyl sites for hydroxylation is 3. The fraction of sp³-hybridized carbons (Fsp3) is 0.667. The minimum atomic E-state index is -1.16. The molecule has 1 aromatic carbocycles. The molecule has 1 aliphatic rings. The van der Waals surface area contributed by atoms with Crippen molar-refractivity contribution in [3.05, 3.63) is 53.6 Å². The van der Waals surface area contributed by atoms with E-state index in [0.29, 0.717) is 38.3 Å². The molecule has 1 heterocycles. The summed E-state index contributed by atoms with van der Waals surface area (Å²) >= 11 is 0. The van der Waals surface area contributed by atoms with Crippen LogP contribution in [0.4, 0.5) is 0 Å². The van der Waals surface area contributed by atoms with Gasteiger partial charge in [-0.05, 0) is 81.9 Å². The van der Waals surface area contributed by atoms with Gasteiger partial charge in [-0.15, -0.1) is 0 Å². The van der Waals surface area contributed by atoms with Crippen molar-refractivity contribution in [2.24, 2.45) is 11.7 Å². The third-order valence-electron chi connectivity index (χ3n) is 9.29. The predicted octanol–water partition coefficient (Wildman–Crippen LogP) is 4.28. The number of unbranched alkanes of at least 4 members (excludes halogenated alkanes) is 2. The zero-order chi connectivity index (χ0) is 33.1. The summed E-state index contributed by atoms with van der Waals surface area (Å²) in [6.07, 6.45) is 17.3. The van der Waals surface area contributed by atoms with Crippen molar-refractivity contribution in [1.29, 1.82) is 0 Å². The fourth-order valence-corrected chi connectivity index (χ4v) is 6.40. The number of nitrogens with zero attached hydrogens (tertiary/aromatic N) is 2.